The number of rotatable bonds is 11. The van der Waals surface area contributed by atoms with Gasteiger partial charge in [0, 0.05) is 6.54 Å². The maximum atomic E-state index is 12.6. The van der Waals surface area contributed by atoms with Crippen molar-refractivity contribution in [2.75, 3.05) is 30.8 Å². The Labute approximate surface area is 179 Å². The highest BCUT2D eigenvalue weighted by Crippen LogP contribution is 2.24. The van der Waals surface area contributed by atoms with Gasteiger partial charge in [0.2, 0.25) is 15.9 Å². The Morgan fingerprint density at radius 1 is 1.13 bits per heavy atom. The molecule has 2 aromatic rings. The van der Waals surface area contributed by atoms with Crippen molar-refractivity contribution in [3.05, 3.63) is 54.1 Å². The topological polar surface area (TPSA) is 84.9 Å². The second-order valence-electron chi connectivity index (χ2n) is 6.87. The average molecular weight is 435 g/mol. The lowest BCUT2D eigenvalue weighted by Gasteiger charge is -2.28. The summed E-state index contributed by atoms with van der Waals surface area (Å²) in [6.45, 7) is 4.54. The van der Waals surface area contributed by atoms with E-state index >= 15 is 0 Å². The van der Waals surface area contributed by atoms with Crippen LogP contribution in [0.15, 0.2) is 48.5 Å². The second-order valence-corrected chi connectivity index (χ2v) is 8.73. The van der Waals surface area contributed by atoms with E-state index in [9.17, 15) is 13.2 Å². The maximum absolute atomic E-state index is 12.6. The van der Waals surface area contributed by atoms with Crippen molar-refractivity contribution in [3.63, 3.8) is 0 Å². The van der Waals surface area contributed by atoms with Crippen LogP contribution in [0.2, 0.25) is 0 Å². The SMILES string of the molecule is CCOc1ccccc1CCCNC(=O)[C@@H](C)N(c1ccc(OC)cc1)S(C)(=O)=O. The molecule has 0 fully saturated rings. The highest BCUT2D eigenvalue weighted by atomic mass is 32.2. The second kappa shape index (κ2) is 10.9. The van der Waals surface area contributed by atoms with Gasteiger partial charge in [-0.25, -0.2) is 8.42 Å². The van der Waals surface area contributed by atoms with E-state index in [4.69, 9.17) is 9.47 Å². The van der Waals surface area contributed by atoms with E-state index < -0.39 is 16.1 Å². The van der Waals surface area contributed by atoms with Gasteiger partial charge in [0.1, 0.15) is 17.5 Å². The minimum atomic E-state index is -3.65. The first-order chi connectivity index (χ1) is 14.3. The standard InChI is InChI=1S/C22H30N2O5S/c1-5-29-21-11-7-6-9-18(21)10-8-16-23-22(25)17(2)24(30(4,26)27)19-12-14-20(28-3)15-13-19/h6-7,9,11-15,17H,5,8,10,16H2,1-4H3,(H,23,25)/t17-/m1/s1. The number of sulfonamides is 1. The molecule has 8 heteroatoms. The Kier molecular flexibility index (Phi) is 8.53. The Hall–Kier alpha value is -2.74. The van der Waals surface area contributed by atoms with Crippen LogP contribution in [-0.2, 0) is 21.2 Å². The summed E-state index contributed by atoms with van der Waals surface area (Å²) in [4.78, 5) is 12.6. The summed E-state index contributed by atoms with van der Waals surface area (Å²) in [5, 5.41) is 2.84. The van der Waals surface area contributed by atoms with Crippen LogP contribution in [0.4, 0.5) is 5.69 Å². The molecule has 0 saturated heterocycles. The van der Waals surface area contributed by atoms with Gasteiger partial charge >= 0.3 is 0 Å². The van der Waals surface area contributed by atoms with Crippen molar-refractivity contribution in [3.8, 4) is 11.5 Å². The van der Waals surface area contributed by atoms with Crippen molar-refractivity contribution in [1.82, 2.24) is 5.32 Å². The molecule has 0 heterocycles. The van der Waals surface area contributed by atoms with Crippen LogP contribution in [0, 0.1) is 0 Å². The lowest BCUT2D eigenvalue weighted by Crippen LogP contribution is -2.48. The van der Waals surface area contributed by atoms with Gasteiger partial charge in [-0.3, -0.25) is 9.10 Å². The van der Waals surface area contributed by atoms with Crippen LogP contribution in [0.1, 0.15) is 25.8 Å². The predicted octanol–water partition coefficient (Wildman–Crippen LogP) is 3.00. The van der Waals surface area contributed by atoms with Gasteiger partial charge in [0.15, 0.2) is 0 Å². The Morgan fingerprint density at radius 3 is 2.40 bits per heavy atom. The van der Waals surface area contributed by atoms with E-state index in [2.05, 4.69) is 5.32 Å². The van der Waals surface area contributed by atoms with Gasteiger partial charge in [-0.1, -0.05) is 18.2 Å². The van der Waals surface area contributed by atoms with Gasteiger partial charge in [0.05, 0.1) is 25.7 Å². The number of hydrogen-bond donors (Lipinski definition) is 1. The molecule has 2 aromatic carbocycles. The Bertz CT molecular complexity index is 929. The van der Waals surface area contributed by atoms with Crippen LogP contribution < -0.4 is 19.1 Å². The molecule has 0 aliphatic heterocycles. The van der Waals surface area contributed by atoms with Crippen LogP contribution in [0.3, 0.4) is 0 Å². The fourth-order valence-electron chi connectivity index (χ4n) is 3.18. The number of aryl methyl sites for hydroxylation is 1. The maximum Gasteiger partial charge on any atom is 0.243 e. The number of benzene rings is 2. The summed E-state index contributed by atoms with van der Waals surface area (Å²) in [7, 11) is -2.12. The number of anilines is 1. The molecule has 1 amide bonds. The predicted molar refractivity (Wildman–Crippen MR) is 119 cm³/mol. The molecule has 164 valence electrons. The minimum absolute atomic E-state index is 0.352. The zero-order valence-electron chi connectivity index (χ0n) is 17.9. The Morgan fingerprint density at radius 2 is 1.80 bits per heavy atom. The molecule has 0 unspecified atom stereocenters. The monoisotopic (exact) mass is 434 g/mol. The first-order valence-electron chi connectivity index (χ1n) is 9.89. The third-order valence-corrected chi connectivity index (χ3v) is 5.85. The summed E-state index contributed by atoms with van der Waals surface area (Å²) in [5.74, 6) is 1.11. The molecule has 0 spiro atoms. The number of ether oxygens (including phenoxy) is 2. The quantitative estimate of drug-likeness (QED) is 0.550. The molecule has 7 nitrogen and oxygen atoms in total. The van der Waals surface area contributed by atoms with Crippen molar-refractivity contribution in [1.29, 1.82) is 0 Å². The van der Waals surface area contributed by atoms with E-state index in [0.29, 0.717) is 31.0 Å². The molecule has 0 aliphatic carbocycles. The molecule has 0 saturated carbocycles. The number of carbonyl (C=O) groups is 1. The van der Waals surface area contributed by atoms with E-state index in [1.807, 2.05) is 31.2 Å². The van der Waals surface area contributed by atoms with Crippen molar-refractivity contribution >= 4 is 21.6 Å². The van der Waals surface area contributed by atoms with Gasteiger partial charge in [0.25, 0.3) is 0 Å². The number of para-hydroxylation sites is 1. The molecular weight excluding hydrogens is 404 g/mol. The number of carbonyl (C=O) groups excluding carboxylic acids is 1. The van der Waals surface area contributed by atoms with Crippen molar-refractivity contribution in [2.45, 2.75) is 32.7 Å². The fraction of sp³-hybridized carbons (Fsp3) is 0.409. The molecular formula is C22H30N2O5S. The highest BCUT2D eigenvalue weighted by Gasteiger charge is 2.28. The van der Waals surface area contributed by atoms with E-state index in [1.165, 1.54) is 7.11 Å². The summed E-state index contributed by atoms with van der Waals surface area (Å²) < 4.78 is 36.5. The first-order valence-corrected chi connectivity index (χ1v) is 11.7. The normalized spacial score (nSPS) is 12.1. The number of nitrogens with zero attached hydrogens (tertiary/aromatic N) is 1. The van der Waals surface area contributed by atoms with E-state index in [-0.39, 0.29) is 5.91 Å². The van der Waals surface area contributed by atoms with Crippen molar-refractivity contribution < 1.29 is 22.7 Å². The number of methoxy groups -OCH3 is 1. The minimum Gasteiger partial charge on any atom is -0.497 e. The number of nitrogens with one attached hydrogen (secondary N) is 1. The summed E-state index contributed by atoms with van der Waals surface area (Å²) in [5.41, 5.74) is 1.49. The van der Waals surface area contributed by atoms with Gasteiger partial charge in [-0.05, 0) is 62.6 Å². The van der Waals surface area contributed by atoms with Gasteiger partial charge < -0.3 is 14.8 Å². The van der Waals surface area contributed by atoms with Crippen molar-refractivity contribution in [2.24, 2.45) is 0 Å². The zero-order chi connectivity index (χ0) is 22.1. The van der Waals surface area contributed by atoms with Gasteiger partial charge in [-0.2, -0.15) is 0 Å². The average Bonchev–Trinajstić information content (AvgIpc) is 2.72. The first kappa shape index (κ1) is 23.5. The molecule has 0 bridgehead atoms. The lowest BCUT2D eigenvalue weighted by atomic mass is 10.1. The number of hydrogen-bond acceptors (Lipinski definition) is 5. The molecule has 0 radical (unpaired) electrons. The summed E-state index contributed by atoms with van der Waals surface area (Å²) >= 11 is 0. The van der Waals surface area contributed by atoms with Crippen LogP contribution in [0.25, 0.3) is 0 Å². The summed E-state index contributed by atoms with van der Waals surface area (Å²) in [6.07, 6.45) is 2.55. The van der Waals surface area contributed by atoms with Crippen LogP contribution in [0.5, 0.6) is 11.5 Å². The lowest BCUT2D eigenvalue weighted by molar-refractivity contribution is -0.121. The van der Waals surface area contributed by atoms with E-state index in [0.717, 1.165) is 28.3 Å². The zero-order valence-corrected chi connectivity index (χ0v) is 18.7. The Balaban J connectivity index is 1.98. The molecule has 30 heavy (non-hydrogen) atoms. The molecule has 1 N–H and O–H groups in total. The molecule has 0 aromatic heterocycles. The van der Waals surface area contributed by atoms with Crippen LogP contribution >= 0.6 is 0 Å². The molecule has 1 atom stereocenters. The smallest absolute Gasteiger partial charge is 0.243 e. The number of amides is 1. The fourth-order valence-corrected chi connectivity index (χ4v) is 4.36. The molecule has 2 rings (SSSR count). The molecule has 0 aliphatic rings. The third kappa shape index (κ3) is 6.38. The third-order valence-electron chi connectivity index (χ3n) is 4.61. The van der Waals surface area contributed by atoms with E-state index in [1.54, 1.807) is 31.2 Å². The van der Waals surface area contributed by atoms with Crippen LogP contribution in [-0.4, -0.2) is 46.9 Å². The van der Waals surface area contributed by atoms with Gasteiger partial charge in [-0.15, -0.1) is 0 Å². The summed E-state index contributed by atoms with van der Waals surface area (Å²) in [6, 6.07) is 13.5. The largest absolute Gasteiger partial charge is 0.497 e. The highest BCUT2D eigenvalue weighted by molar-refractivity contribution is 7.92.